The Kier molecular flexibility index (Phi) is 6.01. The van der Waals surface area contributed by atoms with Gasteiger partial charge in [-0.25, -0.2) is 4.39 Å². The molecule has 30 heavy (non-hydrogen) atoms. The van der Waals surface area contributed by atoms with E-state index in [1.165, 1.54) is 0 Å². The number of halogens is 1. The molecule has 0 bridgehead atoms. The summed E-state index contributed by atoms with van der Waals surface area (Å²) in [5.74, 6) is -0.679. The van der Waals surface area contributed by atoms with Crippen LogP contribution in [-0.2, 0) is 0 Å². The van der Waals surface area contributed by atoms with Gasteiger partial charge in [0.25, 0.3) is 17.7 Å². The van der Waals surface area contributed by atoms with Crippen LogP contribution in [0.2, 0.25) is 0 Å². The molecule has 0 atom stereocenters. The van der Waals surface area contributed by atoms with Crippen molar-refractivity contribution in [2.45, 2.75) is 26.3 Å². The van der Waals surface area contributed by atoms with E-state index in [1.54, 1.807) is 48.5 Å². The monoisotopic (exact) mass is 410 g/mol. The van der Waals surface area contributed by atoms with Gasteiger partial charge in [-0.3, -0.25) is 19.3 Å². The lowest BCUT2D eigenvalue weighted by atomic mass is 10.1. The molecule has 0 saturated heterocycles. The summed E-state index contributed by atoms with van der Waals surface area (Å²) in [6.07, 6.45) is 0.342. The van der Waals surface area contributed by atoms with Crippen LogP contribution in [-0.4, -0.2) is 41.3 Å². The number of imide groups is 1. The van der Waals surface area contributed by atoms with Gasteiger partial charge in [0, 0.05) is 16.7 Å². The lowest BCUT2D eigenvalue weighted by molar-refractivity contribution is 0.0664. The molecule has 2 aromatic carbocycles. The number of carbonyl (C=O) groups is 3. The van der Waals surface area contributed by atoms with Gasteiger partial charge in [0.2, 0.25) is 0 Å². The van der Waals surface area contributed by atoms with Crippen molar-refractivity contribution in [1.82, 2.24) is 10.2 Å². The van der Waals surface area contributed by atoms with E-state index >= 15 is 0 Å². The third-order valence-corrected chi connectivity index (χ3v) is 4.42. The molecule has 0 aromatic heterocycles. The van der Waals surface area contributed by atoms with E-state index in [2.05, 4.69) is 5.32 Å². The Morgan fingerprint density at radius 1 is 1.03 bits per heavy atom. The van der Waals surface area contributed by atoms with Gasteiger partial charge in [-0.2, -0.15) is 0 Å². The minimum absolute atomic E-state index is 0.138. The molecule has 1 aliphatic heterocycles. The maximum absolute atomic E-state index is 13.4. The molecule has 0 saturated carbocycles. The molecule has 0 unspecified atom stereocenters. The second-order valence-electron chi connectivity index (χ2n) is 8.03. The molecular formula is C23H23FN2O4. The molecule has 0 fully saturated rings. The maximum atomic E-state index is 13.4. The van der Waals surface area contributed by atoms with E-state index in [-0.39, 0.29) is 30.2 Å². The average molecular weight is 410 g/mol. The third-order valence-electron chi connectivity index (χ3n) is 4.42. The lowest BCUT2D eigenvalue weighted by Crippen LogP contribution is -2.40. The molecule has 0 radical (unpaired) electrons. The Balaban J connectivity index is 1.60. The zero-order valence-electron chi connectivity index (χ0n) is 17.1. The number of benzene rings is 2. The van der Waals surface area contributed by atoms with Crippen molar-refractivity contribution in [3.8, 4) is 5.75 Å². The number of carbonyl (C=O) groups excluding carboxylic acids is 3. The molecule has 3 amide bonds. The molecular weight excluding hydrogens is 387 g/mol. The van der Waals surface area contributed by atoms with Gasteiger partial charge < -0.3 is 10.1 Å². The fraction of sp³-hybridized carbons (Fsp3) is 0.261. The first-order valence-electron chi connectivity index (χ1n) is 9.48. The molecule has 6 nitrogen and oxygen atoms in total. The second kappa shape index (κ2) is 8.49. The third kappa shape index (κ3) is 4.74. The number of ether oxygens (including phenoxy) is 1. The summed E-state index contributed by atoms with van der Waals surface area (Å²) in [4.78, 5) is 38.0. The molecule has 0 aliphatic carbocycles. The summed E-state index contributed by atoms with van der Waals surface area (Å²) < 4.78 is 18.9. The number of amides is 3. The molecule has 156 valence electrons. The van der Waals surface area contributed by atoms with E-state index in [1.807, 2.05) is 20.8 Å². The summed E-state index contributed by atoms with van der Waals surface area (Å²) in [6.45, 7) is 5.33. The van der Waals surface area contributed by atoms with Crippen molar-refractivity contribution in [2.75, 3.05) is 13.2 Å². The molecule has 1 heterocycles. The van der Waals surface area contributed by atoms with E-state index in [0.717, 1.165) is 4.90 Å². The normalized spacial score (nSPS) is 14.0. The van der Waals surface area contributed by atoms with E-state index in [9.17, 15) is 18.8 Å². The van der Waals surface area contributed by atoms with Gasteiger partial charge in [0.05, 0.1) is 24.0 Å². The number of nitrogens with one attached hydrogen (secondary N) is 1. The van der Waals surface area contributed by atoms with Gasteiger partial charge in [-0.1, -0.05) is 12.1 Å². The molecule has 1 N–H and O–H groups in total. The van der Waals surface area contributed by atoms with Crippen LogP contribution in [0.25, 0.3) is 0 Å². The minimum atomic E-state index is -0.454. The van der Waals surface area contributed by atoms with Crippen molar-refractivity contribution in [1.29, 1.82) is 0 Å². The van der Waals surface area contributed by atoms with Gasteiger partial charge in [0.15, 0.2) is 0 Å². The van der Waals surface area contributed by atoms with E-state index in [0.29, 0.717) is 28.8 Å². The molecule has 2 aromatic rings. The quantitative estimate of drug-likeness (QED) is 0.736. The van der Waals surface area contributed by atoms with E-state index < -0.39 is 11.8 Å². The minimum Gasteiger partial charge on any atom is -0.489 e. The Morgan fingerprint density at radius 3 is 2.10 bits per heavy atom. The zero-order valence-corrected chi connectivity index (χ0v) is 17.1. The number of rotatable bonds is 6. The summed E-state index contributed by atoms with van der Waals surface area (Å²) >= 11 is 0. The predicted octanol–water partition coefficient (Wildman–Crippen LogP) is 3.74. The van der Waals surface area contributed by atoms with Crippen LogP contribution in [0.1, 0.15) is 51.8 Å². The molecule has 1 aliphatic rings. The number of hydrogen-bond acceptors (Lipinski definition) is 4. The SMILES string of the molecule is CC(C)(C)NC(=O)c1ccc(OC/C(=C/F)CN2C(=O)c3ccccc3C2=O)cc1. The van der Waals surface area contributed by atoms with Crippen molar-refractivity contribution in [3.05, 3.63) is 77.1 Å². The van der Waals surface area contributed by atoms with Crippen molar-refractivity contribution in [2.24, 2.45) is 0 Å². The highest BCUT2D eigenvalue weighted by molar-refractivity contribution is 6.21. The van der Waals surface area contributed by atoms with Gasteiger partial charge in [-0.15, -0.1) is 0 Å². The Labute approximate surface area is 174 Å². The van der Waals surface area contributed by atoms with Crippen LogP contribution in [0, 0.1) is 0 Å². The van der Waals surface area contributed by atoms with Gasteiger partial charge in [-0.05, 0) is 57.2 Å². The van der Waals surface area contributed by atoms with Crippen molar-refractivity contribution >= 4 is 17.7 Å². The van der Waals surface area contributed by atoms with E-state index in [4.69, 9.17) is 4.74 Å². The Bertz CT molecular complexity index is 972. The Hall–Kier alpha value is -3.48. The standard InChI is InChI=1S/C23H23FN2O4/c1-23(2,3)25-20(27)16-8-10-17(11-9-16)30-14-15(12-24)13-26-21(28)18-6-4-5-7-19(18)22(26)29/h4-12H,13-14H2,1-3H3,(H,25,27)/b15-12+. The first-order chi connectivity index (χ1) is 14.2. The van der Waals surface area contributed by atoms with Crippen LogP contribution < -0.4 is 10.1 Å². The largest absolute Gasteiger partial charge is 0.489 e. The first-order valence-corrected chi connectivity index (χ1v) is 9.48. The summed E-state index contributed by atoms with van der Waals surface area (Å²) in [6, 6.07) is 12.9. The van der Waals surface area contributed by atoms with Crippen molar-refractivity contribution in [3.63, 3.8) is 0 Å². The first kappa shape index (κ1) is 21.2. The number of nitrogens with zero attached hydrogens (tertiary/aromatic N) is 1. The highest BCUT2D eigenvalue weighted by atomic mass is 19.1. The summed E-state index contributed by atoms with van der Waals surface area (Å²) in [7, 11) is 0. The van der Waals surface area contributed by atoms with Crippen LogP contribution in [0.4, 0.5) is 4.39 Å². The smallest absolute Gasteiger partial charge is 0.261 e. The lowest BCUT2D eigenvalue weighted by Gasteiger charge is -2.20. The molecule has 3 rings (SSSR count). The van der Waals surface area contributed by atoms with Gasteiger partial charge in [0.1, 0.15) is 12.4 Å². The van der Waals surface area contributed by atoms with Crippen LogP contribution >= 0.6 is 0 Å². The number of hydrogen-bond donors (Lipinski definition) is 1. The van der Waals surface area contributed by atoms with Crippen molar-refractivity contribution < 1.29 is 23.5 Å². The Morgan fingerprint density at radius 2 is 1.60 bits per heavy atom. The average Bonchev–Trinajstić information content (AvgIpc) is 2.95. The zero-order chi connectivity index (χ0) is 21.9. The summed E-state index contributed by atoms with van der Waals surface area (Å²) in [5.41, 5.74) is 0.886. The number of fused-ring (bicyclic) bond motifs is 1. The predicted molar refractivity (Wildman–Crippen MR) is 110 cm³/mol. The summed E-state index contributed by atoms with van der Waals surface area (Å²) in [5, 5.41) is 2.86. The maximum Gasteiger partial charge on any atom is 0.261 e. The second-order valence-corrected chi connectivity index (χ2v) is 8.03. The van der Waals surface area contributed by atoms with Crippen LogP contribution in [0.5, 0.6) is 5.75 Å². The fourth-order valence-corrected chi connectivity index (χ4v) is 2.99. The van der Waals surface area contributed by atoms with Crippen LogP contribution in [0.3, 0.4) is 0 Å². The van der Waals surface area contributed by atoms with Crippen LogP contribution in [0.15, 0.2) is 60.4 Å². The van der Waals surface area contributed by atoms with Gasteiger partial charge >= 0.3 is 0 Å². The topological polar surface area (TPSA) is 75.7 Å². The molecule has 7 heteroatoms. The highest BCUT2D eigenvalue weighted by Crippen LogP contribution is 2.23. The fourth-order valence-electron chi connectivity index (χ4n) is 2.99. The molecule has 0 spiro atoms. The highest BCUT2D eigenvalue weighted by Gasteiger charge is 2.35.